The van der Waals surface area contributed by atoms with Crippen molar-refractivity contribution in [3.63, 3.8) is 0 Å². The maximum absolute atomic E-state index is 14.4. The first-order valence-corrected chi connectivity index (χ1v) is 10.6. The number of amides is 1. The van der Waals surface area contributed by atoms with Crippen molar-refractivity contribution in [1.29, 1.82) is 0 Å². The first-order valence-electron chi connectivity index (χ1n) is 10.6. The minimum Gasteiger partial charge on any atom is -0.497 e. The molecule has 2 aliphatic rings. The molecule has 7 heteroatoms. The number of benzene rings is 2. The number of para-hydroxylation sites is 1. The van der Waals surface area contributed by atoms with Crippen LogP contribution in [0.15, 0.2) is 48.5 Å². The number of ether oxygens (including phenoxy) is 2. The van der Waals surface area contributed by atoms with Crippen LogP contribution >= 0.6 is 12.4 Å². The largest absolute Gasteiger partial charge is 0.497 e. The van der Waals surface area contributed by atoms with E-state index in [-0.39, 0.29) is 24.1 Å². The minimum absolute atomic E-state index is 0. The molecular weight excluding hydrogens is 419 g/mol. The monoisotopic (exact) mass is 448 g/mol. The maximum Gasteiger partial charge on any atom is 0.256 e. The molecule has 4 rings (SSSR count). The zero-order valence-electron chi connectivity index (χ0n) is 18.1. The first-order chi connectivity index (χ1) is 14.5. The van der Waals surface area contributed by atoms with Gasteiger partial charge in [-0.05, 0) is 56.0 Å². The normalized spacial score (nSPS) is 21.1. The Bertz CT molecular complexity index is 902. The fourth-order valence-electron chi connectivity index (χ4n) is 4.50. The van der Waals surface area contributed by atoms with Crippen LogP contribution in [0.5, 0.6) is 5.75 Å². The summed E-state index contributed by atoms with van der Waals surface area (Å²) in [4.78, 5) is 16.7. The van der Waals surface area contributed by atoms with Crippen LogP contribution in [0.2, 0.25) is 0 Å². The molecule has 5 nitrogen and oxygen atoms in total. The van der Waals surface area contributed by atoms with Gasteiger partial charge in [0.2, 0.25) is 0 Å². The van der Waals surface area contributed by atoms with Crippen molar-refractivity contribution < 1.29 is 18.7 Å². The Kier molecular flexibility index (Phi) is 7.57. The van der Waals surface area contributed by atoms with Gasteiger partial charge >= 0.3 is 0 Å². The van der Waals surface area contributed by atoms with Gasteiger partial charge in [-0.1, -0.05) is 24.3 Å². The number of nitrogens with zero attached hydrogens (tertiary/aromatic N) is 2. The molecule has 2 fully saturated rings. The number of rotatable bonds is 5. The highest BCUT2D eigenvalue weighted by Gasteiger charge is 2.46. The minimum atomic E-state index is -0.568. The Labute approximate surface area is 189 Å². The molecule has 0 bridgehead atoms. The molecule has 0 N–H and O–H groups in total. The van der Waals surface area contributed by atoms with Gasteiger partial charge in [0.05, 0.1) is 24.9 Å². The van der Waals surface area contributed by atoms with Crippen molar-refractivity contribution in [2.45, 2.75) is 37.9 Å². The second-order valence-corrected chi connectivity index (χ2v) is 8.26. The lowest BCUT2D eigenvalue weighted by molar-refractivity contribution is -0.161. The SMILES string of the molecule is COc1cccc(CCN2CCC3(CC2)CN(c2ccccc2F)C(=O)C(C)O3)c1.Cl. The highest BCUT2D eigenvalue weighted by molar-refractivity contribution is 5.97. The van der Waals surface area contributed by atoms with Gasteiger partial charge < -0.3 is 19.3 Å². The van der Waals surface area contributed by atoms with E-state index in [4.69, 9.17) is 9.47 Å². The molecule has 2 aromatic carbocycles. The van der Waals surface area contributed by atoms with E-state index in [9.17, 15) is 9.18 Å². The third kappa shape index (κ3) is 5.20. The summed E-state index contributed by atoms with van der Waals surface area (Å²) in [5.41, 5.74) is 1.19. The highest BCUT2D eigenvalue weighted by Crippen LogP contribution is 2.35. The number of hydrogen-bond donors (Lipinski definition) is 0. The number of hydrogen-bond acceptors (Lipinski definition) is 4. The molecule has 1 unspecified atom stereocenters. The quantitative estimate of drug-likeness (QED) is 0.691. The Morgan fingerprint density at radius 3 is 2.61 bits per heavy atom. The molecule has 2 saturated heterocycles. The second-order valence-electron chi connectivity index (χ2n) is 8.26. The summed E-state index contributed by atoms with van der Waals surface area (Å²) in [5.74, 6) is 0.338. The van der Waals surface area contributed by atoms with Crippen LogP contribution in [-0.2, 0) is 16.0 Å². The van der Waals surface area contributed by atoms with Crippen LogP contribution < -0.4 is 9.64 Å². The average molecular weight is 449 g/mol. The molecule has 1 amide bonds. The van der Waals surface area contributed by atoms with Gasteiger partial charge in [-0.25, -0.2) is 4.39 Å². The number of piperidine rings is 1. The predicted molar refractivity (Wildman–Crippen MR) is 122 cm³/mol. The van der Waals surface area contributed by atoms with Crippen LogP contribution in [0, 0.1) is 5.82 Å². The highest BCUT2D eigenvalue weighted by atomic mass is 35.5. The molecule has 31 heavy (non-hydrogen) atoms. The summed E-state index contributed by atoms with van der Waals surface area (Å²) in [7, 11) is 1.68. The first kappa shape index (κ1) is 23.5. The topological polar surface area (TPSA) is 42.0 Å². The van der Waals surface area contributed by atoms with Crippen molar-refractivity contribution >= 4 is 24.0 Å². The van der Waals surface area contributed by atoms with Crippen LogP contribution in [-0.4, -0.2) is 55.8 Å². The lowest BCUT2D eigenvalue weighted by Gasteiger charge is -2.49. The number of methoxy groups -OCH3 is 1. The molecule has 0 radical (unpaired) electrons. The van der Waals surface area contributed by atoms with E-state index in [0.717, 1.165) is 44.6 Å². The van der Waals surface area contributed by atoms with Gasteiger partial charge in [-0.3, -0.25) is 4.79 Å². The molecule has 1 atom stereocenters. The number of halogens is 2. The molecule has 2 heterocycles. The third-order valence-corrected chi connectivity index (χ3v) is 6.25. The molecule has 2 aliphatic heterocycles. The Morgan fingerprint density at radius 1 is 1.16 bits per heavy atom. The van der Waals surface area contributed by atoms with Gasteiger partial charge in [-0.15, -0.1) is 12.4 Å². The summed E-state index contributed by atoms with van der Waals surface area (Å²) in [5, 5.41) is 0. The van der Waals surface area contributed by atoms with E-state index in [1.54, 1.807) is 37.1 Å². The molecule has 0 aliphatic carbocycles. The molecule has 1 spiro atoms. The molecule has 2 aromatic rings. The second kappa shape index (κ2) is 9.98. The maximum atomic E-state index is 14.4. The Hall–Kier alpha value is -2.15. The number of anilines is 1. The summed E-state index contributed by atoms with van der Waals surface area (Å²) in [6, 6.07) is 14.7. The zero-order valence-corrected chi connectivity index (χ0v) is 18.9. The fraction of sp³-hybridized carbons (Fsp3) is 0.458. The standard InChI is InChI=1S/C24H29FN2O3.ClH/c1-18-23(28)27(22-9-4-3-8-21(22)25)17-24(30-18)11-14-26(15-12-24)13-10-19-6-5-7-20(16-19)29-2;/h3-9,16,18H,10-15,17H2,1-2H3;1H. The van der Waals surface area contributed by atoms with E-state index in [0.29, 0.717) is 12.2 Å². The third-order valence-electron chi connectivity index (χ3n) is 6.25. The summed E-state index contributed by atoms with van der Waals surface area (Å²) >= 11 is 0. The number of carbonyl (C=O) groups is 1. The number of morpholine rings is 1. The van der Waals surface area contributed by atoms with Gasteiger partial charge in [0.1, 0.15) is 17.7 Å². The van der Waals surface area contributed by atoms with E-state index in [1.165, 1.54) is 11.6 Å². The fourth-order valence-corrected chi connectivity index (χ4v) is 4.50. The van der Waals surface area contributed by atoms with E-state index in [1.807, 2.05) is 12.1 Å². The number of carbonyl (C=O) groups excluding carboxylic acids is 1. The summed E-state index contributed by atoms with van der Waals surface area (Å²) in [6.45, 7) is 4.94. The van der Waals surface area contributed by atoms with Crippen molar-refractivity contribution in [3.8, 4) is 5.75 Å². The van der Waals surface area contributed by atoms with Gasteiger partial charge in [0, 0.05) is 19.6 Å². The lowest BCUT2D eigenvalue weighted by atomic mass is 9.88. The van der Waals surface area contributed by atoms with Crippen LogP contribution in [0.4, 0.5) is 10.1 Å². The number of likely N-dealkylation sites (tertiary alicyclic amines) is 1. The van der Waals surface area contributed by atoms with Gasteiger partial charge in [0.15, 0.2) is 0 Å². The van der Waals surface area contributed by atoms with E-state index in [2.05, 4.69) is 17.0 Å². The molecule has 168 valence electrons. The van der Waals surface area contributed by atoms with Crippen molar-refractivity contribution in [1.82, 2.24) is 4.90 Å². The predicted octanol–water partition coefficient (Wildman–Crippen LogP) is 4.09. The summed E-state index contributed by atoms with van der Waals surface area (Å²) < 4.78 is 25.9. The van der Waals surface area contributed by atoms with Crippen molar-refractivity contribution in [2.75, 3.05) is 38.2 Å². The van der Waals surface area contributed by atoms with Crippen LogP contribution in [0.1, 0.15) is 25.3 Å². The summed E-state index contributed by atoms with van der Waals surface area (Å²) in [6.07, 6.45) is 2.05. The average Bonchev–Trinajstić information content (AvgIpc) is 2.77. The van der Waals surface area contributed by atoms with E-state index < -0.39 is 11.7 Å². The van der Waals surface area contributed by atoms with Gasteiger partial charge in [0.25, 0.3) is 5.91 Å². The van der Waals surface area contributed by atoms with Crippen LogP contribution in [0.3, 0.4) is 0 Å². The smallest absolute Gasteiger partial charge is 0.256 e. The van der Waals surface area contributed by atoms with Crippen molar-refractivity contribution in [3.05, 3.63) is 59.9 Å². The Balaban J connectivity index is 0.00000272. The van der Waals surface area contributed by atoms with Crippen molar-refractivity contribution in [2.24, 2.45) is 0 Å². The molecule has 0 saturated carbocycles. The van der Waals surface area contributed by atoms with Gasteiger partial charge in [-0.2, -0.15) is 0 Å². The lowest BCUT2D eigenvalue weighted by Crippen LogP contribution is -2.61. The molecular formula is C24H30ClFN2O3. The van der Waals surface area contributed by atoms with E-state index >= 15 is 0 Å². The zero-order chi connectivity index (χ0) is 21.1. The molecule has 0 aromatic heterocycles. The Morgan fingerprint density at radius 2 is 1.90 bits per heavy atom. The van der Waals surface area contributed by atoms with Crippen LogP contribution in [0.25, 0.3) is 0 Å².